The van der Waals surface area contributed by atoms with Crippen molar-refractivity contribution < 1.29 is 9.90 Å². The third-order valence-corrected chi connectivity index (χ3v) is 3.91. The smallest absolute Gasteiger partial charge is 0.193 e. The second-order valence-electron chi connectivity index (χ2n) is 5.11. The fourth-order valence-corrected chi connectivity index (χ4v) is 2.96. The number of carbonyl (C=O) groups is 1. The van der Waals surface area contributed by atoms with Crippen LogP contribution in [0.5, 0.6) is 0 Å². The Morgan fingerprint density at radius 1 is 0.714 bits per heavy atom. The van der Waals surface area contributed by atoms with Gasteiger partial charge in [0.25, 0.3) is 0 Å². The summed E-state index contributed by atoms with van der Waals surface area (Å²) in [6.07, 6.45) is 0. The molecule has 0 heterocycles. The van der Waals surface area contributed by atoms with E-state index < -0.39 is 0 Å². The summed E-state index contributed by atoms with van der Waals surface area (Å²) in [5.74, 6) is -0.369. The van der Waals surface area contributed by atoms with E-state index in [1.165, 1.54) is 0 Å². The first kappa shape index (κ1) is 11.9. The molecule has 3 aromatic rings. The zero-order valence-corrected chi connectivity index (χ0v) is 11.2. The third-order valence-electron chi connectivity index (χ3n) is 3.91. The number of hydrogen-bond donors (Lipinski definition) is 0. The van der Waals surface area contributed by atoms with Gasteiger partial charge in [-0.25, -0.2) is 0 Å². The van der Waals surface area contributed by atoms with Crippen LogP contribution in [0.1, 0.15) is 21.5 Å². The number of benzene rings is 3. The Morgan fingerprint density at radius 2 is 1.38 bits per heavy atom. The van der Waals surface area contributed by atoms with Crippen molar-refractivity contribution in [2.75, 3.05) is 0 Å². The van der Waals surface area contributed by atoms with Crippen molar-refractivity contribution in [2.24, 2.45) is 0 Å². The minimum absolute atomic E-state index is 0.185. The van der Waals surface area contributed by atoms with E-state index in [2.05, 4.69) is 0 Å². The van der Waals surface area contributed by atoms with E-state index in [1.807, 2.05) is 42.5 Å². The maximum absolute atomic E-state index is 12.8. The first-order valence-electron chi connectivity index (χ1n) is 6.81. The van der Waals surface area contributed by atoms with Crippen LogP contribution in [0.4, 0.5) is 0 Å². The molecule has 0 saturated heterocycles. The molecule has 2 nitrogen and oxygen atoms in total. The second kappa shape index (κ2) is 4.32. The molecule has 2 heteroatoms. The Bertz CT molecular complexity index is 900. The quantitative estimate of drug-likeness (QED) is 0.681. The van der Waals surface area contributed by atoms with E-state index in [1.54, 1.807) is 24.3 Å². The highest BCUT2D eigenvalue weighted by Gasteiger charge is 2.24. The fraction of sp³-hybridized carbons (Fsp3) is 0. The zero-order chi connectivity index (χ0) is 14.4. The lowest BCUT2D eigenvalue weighted by Gasteiger charge is -2.26. The molecule has 4 rings (SSSR count). The number of allylic oxidation sites excluding steroid dienone is 1. The third kappa shape index (κ3) is 1.62. The van der Waals surface area contributed by atoms with Gasteiger partial charge in [0.15, 0.2) is 5.78 Å². The van der Waals surface area contributed by atoms with Crippen LogP contribution in [-0.2, 0) is 0 Å². The lowest BCUT2D eigenvalue weighted by Crippen LogP contribution is -2.18. The van der Waals surface area contributed by atoms with Crippen molar-refractivity contribution in [3.8, 4) is 0 Å². The molecule has 3 aromatic carbocycles. The molecule has 0 amide bonds. The normalized spacial score (nSPS) is 13.8. The Balaban J connectivity index is 2.11. The molecule has 0 atom stereocenters. The van der Waals surface area contributed by atoms with Crippen LogP contribution >= 0.6 is 0 Å². The first-order chi connectivity index (χ1) is 10.3. The summed E-state index contributed by atoms with van der Waals surface area (Å²) >= 11 is 0. The van der Waals surface area contributed by atoms with Gasteiger partial charge in [0, 0.05) is 11.1 Å². The largest absolute Gasteiger partial charge is 0.872 e. The van der Waals surface area contributed by atoms with Crippen LogP contribution in [0.15, 0.2) is 66.7 Å². The lowest BCUT2D eigenvalue weighted by molar-refractivity contribution is -0.242. The Labute approximate surface area is 122 Å². The van der Waals surface area contributed by atoms with Crippen LogP contribution in [0, 0.1) is 0 Å². The van der Waals surface area contributed by atoms with Gasteiger partial charge in [0.05, 0.1) is 0 Å². The standard InChI is InChI=1S/C19H12O2/c20-18-14-10-4-8-12-9-5-11-15(16(12)14)19(21)17(18)13-6-2-1-3-7-13/h1-11,20H/p-1. The van der Waals surface area contributed by atoms with Crippen molar-refractivity contribution in [3.63, 3.8) is 0 Å². The Morgan fingerprint density at radius 3 is 2.10 bits per heavy atom. The summed E-state index contributed by atoms with van der Waals surface area (Å²) in [6.45, 7) is 0. The second-order valence-corrected chi connectivity index (χ2v) is 5.11. The Hall–Kier alpha value is -2.87. The van der Waals surface area contributed by atoms with E-state index in [0.717, 1.165) is 10.8 Å². The minimum Gasteiger partial charge on any atom is -0.872 e. The highest BCUT2D eigenvalue weighted by Crippen LogP contribution is 2.37. The average Bonchev–Trinajstić information content (AvgIpc) is 2.54. The summed E-state index contributed by atoms with van der Waals surface area (Å²) in [6, 6.07) is 20.3. The van der Waals surface area contributed by atoms with Gasteiger partial charge in [0.2, 0.25) is 0 Å². The van der Waals surface area contributed by atoms with E-state index in [-0.39, 0.29) is 17.1 Å². The number of rotatable bonds is 1. The molecule has 21 heavy (non-hydrogen) atoms. The topological polar surface area (TPSA) is 40.1 Å². The highest BCUT2D eigenvalue weighted by molar-refractivity contribution is 6.39. The van der Waals surface area contributed by atoms with Crippen molar-refractivity contribution >= 4 is 27.9 Å². The van der Waals surface area contributed by atoms with Gasteiger partial charge < -0.3 is 5.11 Å². The first-order valence-corrected chi connectivity index (χ1v) is 6.81. The van der Waals surface area contributed by atoms with E-state index in [0.29, 0.717) is 16.7 Å². The molecule has 0 aliphatic heterocycles. The SMILES string of the molecule is O=C1C(c2ccccc2)=C([O-])c2cccc3cccc1c23. The van der Waals surface area contributed by atoms with Gasteiger partial charge >= 0.3 is 0 Å². The van der Waals surface area contributed by atoms with Crippen LogP contribution in [0.25, 0.3) is 22.1 Å². The van der Waals surface area contributed by atoms with Crippen molar-refractivity contribution in [1.29, 1.82) is 0 Å². The maximum Gasteiger partial charge on any atom is 0.193 e. The lowest BCUT2D eigenvalue weighted by atomic mass is 9.84. The van der Waals surface area contributed by atoms with Crippen LogP contribution in [0.3, 0.4) is 0 Å². The van der Waals surface area contributed by atoms with Gasteiger partial charge in [-0.15, -0.1) is 0 Å². The van der Waals surface area contributed by atoms with Crippen molar-refractivity contribution in [2.45, 2.75) is 0 Å². The van der Waals surface area contributed by atoms with Crippen molar-refractivity contribution in [3.05, 3.63) is 83.4 Å². The predicted molar refractivity (Wildman–Crippen MR) is 81.5 cm³/mol. The molecule has 0 fully saturated rings. The zero-order valence-electron chi connectivity index (χ0n) is 11.2. The summed E-state index contributed by atoms with van der Waals surface area (Å²) < 4.78 is 0. The van der Waals surface area contributed by atoms with Crippen LogP contribution in [0.2, 0.25) is 0 Å². The number of ketones is 1. The van der Waals surface area contributed by atoms with Gasteiger partial charge in [-0.2, -0.15) is 0 Å². The van der Waals surface area contributed by atoms with E-state index in [4.69, 9.17) is 0 Å². The molecule has 0 N–H and O–H groups in total. The molecule has 0 radical (unpaired) electrons. The number of Topliss-reactive ketones (excluding diaryl/α,β-unsaturated/α-hetero) is 1. The minimum atomic E-state index is -0.185. The summed E-state index contributed by atoms with van der Waals surface area (Å²) in [4.78, 5) is 12.8. The molecular formula is C19H11O2-. The summed E-state index contributed by atoms with van der Waals surface area (Å²) in [5.41, 5.74) is 2.17. The van der Waals surface area contributed by atoms with Crippen LogP contribution < -0.4 is 5.11 Å². The molecule has 0 spiro atoms. The summed E-state index contributed by atoms with van der Waals surface area (Å²) in [5, 5.41) is 14.5. The van der Waals surface area contributed by atoms with Gasteiger partial charge in [-0.1, -0.05) is 72.5 Å². The molecule has 0 unspecified atom stereocenters. The predicted octanol–water partition coefficient (Wildman–Crippen LogP) is 3.26. The maximum atomic E-state index is 12.8. The molecular weight excluding hydrogens is 260 g/mol. The van der Waals surface area contributed by atoms with Gasteiger partial charge in [-0.05, 0) is 21.9 Å². The molecule has 100 valence electrons. The molecule has 0 bridgehead atoms. The molecule has 0 saturated carbocycles. The van der Waals surface area contributed by atoms with Crippen LogP contribution in [-0.4, -0.2) is 5.78 Å². The van der Waals surface area contributed by atoms with E-state index in [9.17, 15) is 9.90 Å². The molecule has 0 aromatic heterocycles. The Kier molecular flexibility index (Phi) is 2.45. The highest BCUT2D eigenvalue weighted by atomic mass is 16.3. The van der Waals surface area contributed by atoms with Crippen molar-refractivity contribution in [1.82, 2.24) is 0 Å². The monoisotopic (exact) mass is 271 g/mol. The van der Waals surface area contributed by atoms with Gasteiger partial charge in [-0.3, -0.25) is 4.79 Å². The number of hydrogen-bond acceptors (Lipinski definition) is 2. The van der Waals surface area contributed by atoms with Gasteiger partial charge in [0.1, 0.15) is 0 Å². The fourth-order valence-electron chi connectivity index (χ4n) is 2.96. The molecule has 1 aliphatic carbocycles. The summed E-state index contributed by atoms with van der Waals surface area (Å²) in [7, 11) is 0. The van der Waals surface area contributed by atoms with E-state index >= 15 is 0 Å². The number of carbonyl (C=O) groups excluding carboxylic acids is 1. The average molecular weight is 271 g/mol. The molecule has 1 aliphatic rings.